The second-order valence-electron chi connectivity index (χ2n) is 5.12. The molecule has 1 amide bonds. The third-order valence-corrected chi connectivity index (χ3v) is 2.37. The Labute approximate surface area is 95.1 Å². The molecule has 2 atom stereocenters. The van der Waals surface area contributed by atoms with Crippen molar-refractivity contribution in [3.63, 3.8) is 0 Å². The Bertz CT molecular complexity index is 255. The summed E-state index contributed by atoms with van der Waals surface area (Å²) in [7, 11) is 0. The number of carbonyl (C=O) groups is 1. The molecule has 6 heteroatoms. The van der Waals surface area contributed by atoms with Crippen LogP contribution in [0.2, 0.25) is 0 Å². The topological polar surface area (TPSA) is 67.6 Å². The summed E-state index contributed by atoms with van der Waals surface area (Å²) in [6, 6.07) is -0.273. The van der Waals surface area contributed by atoms with Crippen LogP contribution in [0.15, 0.2) is 0 Å². The van der Waals surface area contributed by atoms with Crippen molar-refractivity contribution in [3.05, 3.63) is 0 Å². The lowest BCUT2D eigenvalue weighted by Gasteiger charge is -2.23. The van der Waals surface area contributed by atoms with Crippen LogP contribution >= 0.6 is 0 Å². The normalized spacial score (nSPS) is 26.8. The van der Waals surface area contributed by atoms with Crippen LogP contribution in [0.5, 0.6) is 0 Å². The second-order valence-corrected chi connectivity index (χ2v) is 5.12. The predicted molar refractivity (Wildman–Crippen MR) is 58.4 cm³/mol. The smallest absolute Gasteiger partial charge is 0.407 e. The Morgan fingerprint density at radius 2 is 2.19 bits per heavy atom. The number of nitrogens with zero attached hydrogens (tertiary/aromatic N) is 1. The van der Waals surface area contributed by atoms with Gasteiger partial charge in [0.05, 0.1) is 12.7 Å². The van der Waals surface area contributed by atoms with Crippen molar-refractivity contribution in [2.75, 3.05) is 19.8 Å². The molecule has 0 spiro atoms. The summed E-state index contributed by atoms with van der Waals surface area (Å²) in [5, 5.41) is 4.15. The maximum Gasteiger partial charge on any atom is 0.407 e. The van der Waals surface area contributed by atoms with E-state index in [1.807, 2.05) is 0 Å². The molecule has 94 valence electrons. The number of ether oxygens (including phenoxy) is 1. The average molecular weight is 233 g/mol. The second kappa shape index (κ2) is 4.97. The number of amides is 1. The minimum absolute atomic E-state index is 0.252. The van der Waals surface area contributed by atoms with E-state index in [1.54, 1.807) is 20.8 Å². The first-order chi connectivity index (χ1) is 7.31. The van der Waals surface area contributed by atoms with Gasteiger partial charge in [0.1, 0.15) is 5.60 Å². The van der Waals surface area contributed by atoms with Crippen LogP contribution < -0.4 is 11.2 Å². The summed E-state index contributed by atoms with van der Waals surface area (Å²) in [6.07, 6.45) is -0.522. The molecule has 2 unspecified atom stereocenters. The van der Waals surface area contributed by atoms with Gasteiger partial charge in [-0.15, -0.1) is 0 Å². The molecule has 0 aromatic rings. The summed E-state index contributed by atoms with van der Waals surface area (Å²) in [5.41, 5.74) is -0.545. The Balaban J connectivity index is 2.44. The Hall–Kier alpha value is -0.880. The number of hydrogen-bond donors (Lipinski definition) is 2. The van der Waals surface area contributed by atoms with Gasteiger partial charge < -0.3 is 10.1 Å². The fourth-order valence-electron chi connectivity index (χ4n) is 1.68. The molecule has 1 aliphatic heterocycles. The Morgan fingerprint density at radius 1 is 1.56 bits per heavy atom. The number of hydrogen-bond acceptors (Lipinski definition) is 4. The van der Waals surface area contributed by atoms with Crippen LogP contribution in [-0.4, -0.2) is 42.5 Å². The zero-order valence-electron chi connectivity index (χ0n) is 10.00. The predicted octanol–water partition coefficient (Wildman–Crippen LogP) is 0.655. The zero-order valence-corrected chi connectivity index (χ0v) is 10.00. The molecule has 1 saturated heterocycles. The van der Waals surface area contributed by atoms with Gasteiger partial charge in [-0.3, -0.25) is 10.2 Å². The molecule has 1 heterocycles. The highest BCUT2D eigenvalue weighted by molar-refractivity contribution is 5.68. The summed E-state index contributed by atoms with van der Waals surface area (Å²) < 4.78 is 17.7. The van der Waals surface area contributed by atoms with Crippen molar-refractivity contribution < 1.29 is 13.9 Å². The molecular formula is C10H20FN3O2. The number of nitrogens with one attached hydrogen (secondary N) is 1. The molecule has 16 heavy (non-hydrogen) atoms. The van der Waals surface area contributed by atoms with Gasteiger partial charge in [0, 0.05) is 19.0 Å². The van der Waals surface area contributed by atoms with Gasteiger partial charge in [-0.1, -0.05) is 0 Å². The molecule has 0 bridgehead atoms. The van der Waals surface area contributed by atoms with E-state index in [2.05, 4.69) is 5.32 Å². The van der Waals surface area contributed by atoms with E-state index in [9.17, 15) is 9.18 Å². The highest BCUT2D eigenvalue weighted by Crippen LogP contribution is 2.15. The standard InChI is InChI=1S/C10H20FN3O2/c1-10(2,3)16-9(15)13-8-6-14(12)5-7(8)4-11/h7-8H,4-6,12H2,1-3H3,(H,13,15). The van der Waals surface area contributed by atoms with Crippen LogP contribution in [-0.2, 0) is 4.74 Å². The van der Waals surface area contributed by atoms with Gasteiger partial charge in [0.2, 0.25) is 0 Å². The Morgan fingerprint density at radius 3 is 2.69 bits per heavy atom. The van der Waals surface area contributed by atoms with E-state index in [4.69, 9.17) is 10.6 Å². The van der Waals surface area contributed by atoms with Crippen LogP contribution in [0, 0.1) is 5.92 Å². The number of carbonyl (C=O) groups excluding carboxylic acids is 1. The first-order valence-corrected chi connectivity index (χ1v) is 5.37. The van der Waals surface area contributed by atoms with Crippen molar-refractivity contribution in [2.24, 2.45) is 11.8 Å². The Kier molecular flexibility index (Phi) is 4.09. The number of nitrogens with two attached hydrogens (primary N) is 1. The van der Waals surface area contributed by atoms with Crippen LogP contribution in [0.1, 0.15) is 20.8 Å². The fourth-order valence-corrected chi connectivity index (χ4v) is 1.68. The molecule has 0 saturated carbocycles. The van der Waals surface area contributed by atoms with E-state index in [0.29, 0.717) is 13.1 Å². The van der Waals surface area contributed by atoms with Crippen LogP contribution in [0.3, 0.4) is 0 Å². The molecule has 0 radical (unpaired) electrons. The number of alkyl carbamates (subject to hydrolysis) is 1. The lowest BCUT2D eigenvalue weighted by Crippen LogP contribution is -2.44. The summed E-state index contributed by atoms with van der Waals surface area (Å²) in [6.45, 7) is 5.76. The van der Waals surface area contributed by atoms with Gasteiger partial charge in [-0.05, 0) is 20.8 Å². The molecular weight excluding hydrogens is 213 g/mol. The van der Waals surface area contributed by atoms with E-state index in [1.165, 1.54) is 5.01 Å². The first kappa shape index (κ1) is 13.2. The maximum atomic E-state index is 12.6. The third-order valence-electron chi connectivity index (χ3n) is 2.37. The lowest BCUT2D eigenvalue weighted by molar-refractivity contribution is 0.0493. The summed E-state index contributed by atoms with van der Waals surface area (Å²) in [5.74, 6) is 5.32. The summed E-state index contributed by atoms with van der Waals surface area (Å²) in [4.78, 5) is 11.5. The van der Waals surface area contributed by atoms with E-state index in [-0.39, 0.29) is 12.0 Å². The number of rotatable bonds is 2. The molecule has 1 aliphatic rings. The minimum Gasteiger partial charge on any atom is -0.444 e. The largest absolute Gasteiger partial charge is 0.444 e. The number of halogens is 1. The van der Waals surface area contributed by atoms with Gasteiger partial charge in [-0.25, -0.2) is 9.80 Å². The van der Waals surface area contributed by atoms with Crippen molar-refractivity contribution in [2.45, 2.75) is 32.4 Å². The van der Waals surface area contributed by atoms with E-state index >= 15 is 0 Å². The van der Waals surface area contributed by atoms with Gasteiger partial charge >= 0.3 is 6.09 Å². The fraction of sp³-hybridized carbons (Fsp3) is 0.900. The molecule has 0 aromatic carbocycles. The van der Waals surface area contributed by atoms with Crippen molar-refractivity contribution >= 4 is 6.09 Å². The maximum absolute atomic E-state index is 12.6. The average Bonchev–Trinajstić information content (AvgIpc) is 2.42. The highest BCUT2D eigenvalue weighted by atomic mass is 19.1. The van der Waals surface area contributed by atoms with E-state index in [0.717, 1.165) is 0 Å². The minimum atomic E-state index is -0.545. The van der Waals surface area contributed by atoms with Gasteiger partial charge in [-0.2, -0.15) is 0 Å². The molecule has 0 aromatic heterocycles. The molecule has 3 N–H and O–H groups in total. The lowest BCUT2D eigenvalue weighted by atomic mass is 10.1. The molecule has 1 rings (SSSR count). The zero-order chi connectivity index (χ0) is 12.3. The first-order valence-electron chi connectivity index (χ1n) is 5.37. The quantitative estimate of drug-likeness (QED) is 0.687. The van der Waals surface area contributed by atoms with Crippen molar-refractivity contribution in [1.82, 2.24) is 10.3 Å². The van der Waals surface area contributed by atoms with Gasteiger partial charge in [0.25, 0.3) is 0 Å². The number of alkyl halides is 1. The molecule has 0 aliphatic carbocycles. The molecule has 5 nitrogen and oxygen atoms in total. The van der Waals surface area contributed by atoms with Crippen molar-refractivity contribution in [3.8, 4) is 0 Å². The number of hydrazine groups is 1. The summed E-state index contributed by atoms with van der Waals surface area (Å²) >= 11 is 0. The van der Waals surface area contributed by atoms with Crippen LogP contribution in [0.25, 0.3) is 0 Å². The monoisotopic (exact) mass is 233 g/mol. The molecule has 1 fully saturated rings. The van der Waals surface area contributed by atoms with Crippen molar-refractivity contribution in [1.29, 1.82) is 0 Å². The van der Waals surface area contributed by atoms with Crippen LogP contribution in [0.4, 0.5) is 9.18 Å². The SMILES string of the molecule is CC(C)(C)OC(=O)NC1CN(N)CC1CF. The van der Waals surface area contributed by atoms with Gasteiger partial charge in [0.15, 0.2) is 0 Å². The third kappa shape index (κ3) is 3.94. The van der Waals surface area contributed by atoms with E-state index < -0.39 is 18.4 Å². The highest BCUT2D eigenvalue weighted by Gasteiger charge is 2.33.